The number of aromatic nitrogens is 1. The van der Waals surface area contributed by atoms with Crippen LogP contribution >= 0.6 is 15.9 Å². The minimum atomic E-state index is -1.05. The molecular formula is C14H7BrFNO3. The molecule has 0 atom stereocenters. The molecule has 1 aromatic heterocycles. The van der Waals surface area contributed by atoms with E-state index in [1.807, 2.05) is 0 Å². The number of aromatic carboxylic acids is 1. The standard InChI is InChI=1S/C14H7BrFNO3/c15-8-2-1-3-9(16)12(8)13-17-10-6-7(14(18)19)4-5-11(10)20-13/h1-6H,(H,18,19). The third kappa shape index (κ3) is 2.08. The van der Waals surface area contributed by atoms with Crippen LogP contribution in [0.3, 0.4) is 0 Å². The van der Waals surface area contributed by atoms with Gasteiger partial charge in [0.1, 0.15) is 11.3 Å². The van der Waals surface area contributed by atoms with E-state index < -0.39 is 11.8 Å². The molecule has 3 rings (SSSR count). The van der Waals surface area contributed by atoms with Crippen molar-refractivity contribution in [3.63, 3.8) is 0 Å². The normalized spacial score (nSPS) is 10.9. The lowest BCUT2D eigenvalue weighted by Gasteiger charge is -2.00. The van der Waals surface area contributed by atoms with Crippen LogP contribution in [0.25, 0.3) is 22.6 Å². The van der Waals surface area contributed by atoms with E-state index in [0.29, 0.717) is 15.6 Å². The first-order valence-corrected chi connectivity index (χ1v) is 6.44. The summed E-state index contributed by atoms with van der Waals surface area (Å²) in [5.41, 5.74) is 1.08. The molecular weight excluding hydrogens is 329 g/mol. The van der Waals surface area contributed by atoms with Crippen LogP contribution in [0.2, 0.25) is 0 Å². The summed E-state index contributed by atoms with van der Waals surface area (Å²) in [4.78, 5) is 15.1. The Morgan fingerprint density at radius 3 is 2.80 bits per heavy atom. The highest BCUT2D eigenvalue weighted by atomic mass is 79.9. The van der Waals surface area contributed by atoms with E-state index in [0.717, 1.165) is 0 Å². The van der Waals surface area contributed by atoms with Gasteiger partial charge in [-0.25, -0.2) is 14.2 Å². The third-order valence-electron chi connectivity index (χ3n) is 2.81. The highest BCUT2D eigenvalue weighted by Crippen LogP contribution is 2.32. The van der Waals surface area contributed by atoms with Gasteiger partial charge < -0.3 is 9.52 Å². The lowest BCUT2D eigenvalue weighted by Crippen LogP contribution is -1.94. The number of fused-ring (bicyclic) bond motifs is 1. The topological polar surface area (TPSA) is 63.3 Å². The molecule has 0 bridgehead atoms. The number of carbonyl (C=O) groups is 1. The van der Waals surface area contributed by atoms with Crippen LogP contribution in [0, 0.1) is 5.82 Å². The molecule has 0 aliphatic carbocycles. The first-order valence-electron chi connectivity index (χ1n) is 5.64. The minimum Gasteiger partial charge on any atom is -0.478 e. The number of carboxylic acid groups (broad SMARTS) is 1. The average molecular weight is 336 g/mol. The van der Waals surface area contributed by atoms with Crippen LogP contribution in [0.15, 0.2) is 45.3 Å². The summed E-state index contributed by atoms with van der Waals surface area (Å²) in [6, 6.07) is 8.85. The van der Waals surface area contributed by atoms with Gasteiger partial charge in [-0.3, -0.25) is 0 Å². The van der Waals surface area contributed by atoms with Crippen LogP contribution in [-0.2, 0) is 0 Å². The number of nitrogens with zero attached hydrogens (tertiary/aromatic N) is 1. The van der Waals surface area contributed by atoms with Gasteiger partial charge in [-0.1, -0.05) is 6.07 Å². The number of halogens is 2. The summed E-state index contributed by atoms with van der Waals surface area (Å²) in [5, 5.41) is 8.93. The number of oxazole rings is 1. The highest BCUT2D eigenvalue weighted by Gasteiger charge is 2.16. The van der Waals surface area contributed by atoms with E-state index in [4.69, 9.17) is 9.52 Å². The Labute approximate surface area is 121 Å². The van der Waals surface area contributed by atoms with Crippen LogP contribution in [0.1, 0.15) is 10.4 Å². The second-order valence-electron chi connectivity index (χ2n) is 4.10. The second kappa shape index (κ2) is 4.72. The van der Waals surface area contributed by atoms with Crippen molar-refractivity contribution in [3.8, 4) is 11.5 Å². The van der Waals surface area contributed by atoms with E-state index in [1.54, 1.807) is 12.1 Å². The van der Waals surface area contributed by atoms with Crippen molar-refractivity contribution in [3.05, 3.63) is 52.3 Å². The second-order valence-corrected chi connectivity index (χ2v) is 4.96. The zero-order valence-electron chi connectivity index (χ0n) is 9.93. The highest BCUT2D eigenvalue weighted by molar-refractivity contribution is 9.10. The molecule has 0 radical (unpaired) electrons. The number of hydrogen-bond donors (Lipinski definition) is 1. The lowest BCUT2D eigenvalue weighted by atomic mass is 10.2. The van der Waals surface area contributed by atoms with Crippen molar-refractivity contribution < 1.29 is 18.7 Å². The third-order valence-corrected chi connectivity index (χ3v) is 3.47. The molecule has 0 saturated heterocycles. The largest absolute Gasteiger partial charge is 0.478 e. The molecule has 20 heavy (non-hydrogen) atoms. The first-order chi connectivity index (χ1) is 9.56. The summed E-state index contributed by atoms with van der Waals surface area (Å²) >= 11 is 3.24. The van der Waals surface area contributed by atoms with Crippen molar-refractivity contribution in [1.82, 2.24) is 4.98 Å². The smallest absolute Gasteiger partial charge is 0.335 e. The van der Waals surface area contributed by atoms with Crippen LogP contribution in [-0.4, -0.2) is 16.1 Å². The maximum Gasteiger partial charge on any atom is 0.335 e. The van der Waals surface area contributed by atoms with Crippen molar-refractivity contribution in [2.75, 3.05) is 0 Å². The van der Waals surface area contributed by atoms with Crippen LogP contribution in [0.4, 0.5) is 4.39 Å². The fourth-order valence-corrected chi connectivity index (χ4v) is 2.38. The molecule has 1 heterocycles. The zero-order valence-corrected chi connectivity index (χ0v) is 11.5. The predicted molar refractivity (Wildman–Crippen MR) is 74.1 cm³/mol. The SMILES string of the molecule is O=C(O)c1ccc2oc(-c3c(F)cccc3Br)nc2c1. The van der Waals surface area contributed by atoms with E-state index >= 15 is 0 Å². The molecule has 100 valence electrons. The van der Waals surface area contributed by atoms with E-state index in [1.165, 1.54) is 24.3 Å². The lowest BCUT2D eigenvalue weighted by molar-refractivity contribution is 0.0697. The monoisotopic (exact) mass is 335 g/mol. The molecule has 4 nitrogen and oxygen atoms in total. The molecule has 3 aromatic rings. The molecule has 2 aromatic carbocycles. The summed E-state index contributed by atoms with van der Waals surface area (Å²) < 4.78 is 19.8. The Morgan fingerprint density at radius 2 is 2.10 bits per heavy atom. The first kappa shape index (κ1) is 12.8. The Hall–Kier alpha value is -2.21. The summed E-state index contributed by atoms with van der Waals surface area (Å²) in [7, 11) is 0. The molecule has 1 N–H and O–H groups in total. The Morgan fingerprint density at radius 1 is 1.30 bits per heavy atom. The van der Waals surface area contributed by atoms with Crippen LogP contribution < -0.4 is 0 Å². The van der Waals surface area contributed by atoms with Gasteiger partial charge in [-0.05, 0) is 46.3 Å². The van der Waals surface area contributed by atoms with Crippen LogP contribution in [0.5, 0.6) is 0 Å². The molecule has 0 unspecified atom stereocenters. The maximum absolute atomic E-state index is 13.8. The molecule has 0 spiro atoms. The molecule has 0 saturated carbocycles. The molecule has 0 amide bonds. The Balaban J connectivity index is 2.21. The number of carboxylic acids is 1. The average Bonchev–Trinajstić information content (AvgIpc) is 2.80. The quantitative estimate of drug-likeness (QED) is 0.765. The van der Waals surface area contributed by atoms with Crippen molar-refractivity contribution in [2.24, 2.45) is 0 Å². The van der Waals surface area contributed by atoms with Gasteiger partial charge in [0.05, 0.1) is 11.1 Å². The molecule has 0 aliphatic heterocycles. The van der Waals surface area contributed by atoms with Gasteiger partial charge in [0.2, 0.25) is 5.89 Å². The Bertz CT molecular complexity index is 808. The van der Waals surface area contributed by atoms with Gasteiger partial charge in [0.25, 0.3) is 0 Å². The molecule has 6 heteroatoms. The maximum atomic E-state index is 13.8. The van der Waals surface area contributed by atoms with Gasteiger partial charge in [-0.2, -0.15) is 0 Å². The number of benzene rings is 2. The van der Waals surface area contributed by atoms with E-state index in [-0.39, 0.29) is 17.0 Å². The van der Waals surface area contributed by atoms with Crippen molar-refractivity contribution in [1.29, 1.82) is 0 Å². The minimum absolute atomic E-state index is 0.102. The molecule has 0 fully saturated rings. The molecule has 0 aliphatic rings. The van der Waals surface area contributed by atoms with E-state index in [9.17, 15) is 9.18 Å². The zero-order chi connectivity index (χ0) is 14.3. The van der Waals surface area contributed by atoms with Gasteiger partial charge >= 0.3 is 5.97 Å². The fourth-order valence-electron chi connectivity index (χ4n) is 1.87. The van der Waals surface area contributed by atoms with Gasteiger partial charge in [0.15, 0.2) is 5.58 Å². The van der Waals surface area contributed by atoms with Gasteiger partial charge in [0, 0.05) is 4.47 Å². The van der Waals surface area contributed by atoms with Crippen molar-refractivity contribution >= 4 is 33.0 Å². The van der Waals surface area contributed by atoms with Crippen molar-refractivity contribution in [2.45, 2.75) is 0 Å². The summed E-state index contributed by atoms with van der Waals surface area (Å²) in [5.74, 6) is -1.42. The van der Waals surface area contributed by atoms with E-state index in [2.05, 4.69) is 20.9 Å². The fraction of sp³-hybridized carbons (Fsp3) is 0. The predicted octanol–water partition coefficient (Wildman–Crippen LogP) is 4.09. The summed E-state index contributed by atoms with van der Waals surface area (Å²) in [6.45, 7) is 0. The number of hydrogen-bond acceptors (Lipinski definition) is 3. The van der Waals surface area contributed by atoms with Gasteiger partial charge in [-0.15, -0.1) is 0 Å². The number of rotatable bonds is 2. The Kier molecular flexibility index (Phi) is 3.02. The summed E-state index contributed by atoms with van der Waals surface area (Å²) in [6.07, 6.45) is 0.